The van der Waals surface area contributed by atoms with Gasteiger partial charge in [0.15, 0.2) is 0 Å². The van der Waals surface area contributed by atoms with Gasteiger partial charge in [-0.2, -0.15) is 0 Å². The van der Waals surface area contributed by atoms with E-state index in [1.165, 1.54) is 11.3 Å². The van der Waals surface area contributed by atoms with Crippen LogP contribution in [0.25, 0.3) is 6.08 Å². The van der Waals surface area contributed by atoms with E-state index in [1.807, 2.05) is 30.4 Å². The zero-order valence-electron chi connectivity index (χ0n) is 13.2. The first kappa shape index (κ1) is 20.1. The molecule has 0 saturated carbocycles. The van der Waals surface area contributed by atoms with Crippen molar-refractivity contribution < 1.29 is 21.7 Å². The standard InChI is InChI=1S/C10H10.C8H14NP.Ti/c1-2-3-7-10-8-5-4-6-9-10;1-10(2,3)9-8-6-4-5-7-8;/h2-9H,1H2;4-6H,7H2,1-3H3;. The molecule has 2 rings (SSSR count). The minimum atomic E-state index is -0.948. The van der Waals surface area contributed by atoms with Crippen molar-refractivity contribution in [3.63, 3.8) is 0 Å². The first-order valence-electron chi connectivity index (χ1n) is 6.76. The van der Waals surface area contributed by atoms with Gasteiger partial charge in [-0.15, -0.1) is 0 Å². The summed E-state index contributed by atoms with van der Waals surface area (Å²) >= 11 is 0. The normalized spacial score (nSPS) is 13.0. The number of rotatable bonds is 3. The quantitative estimate of drug-likeness (QED) is 0.376. The molecule has 1 aromatic rings. The van der Waals surface area contributed by atoms with Gasteiger partial charge in [-0.3, -0.25) is 4.74 Å². The topological polar surface area (TPSA) is 12.4 Å². The predicted octanol–water partition coefficient (Wildman–Crippen LogP) is 5.80. The van der Waals surface area contributed by atoms with E-state index in [0.29, 0.717) is 0 Å². The molecule has 3 heteroatoms. The smallest absolute Gasteiger partial charge is 0.0424 e. The molecule has 1 aromatic carbocycles. The van der Waals surface area contributed by atoms with E-state index in [2.05, 4.69) is 61.7 Å². The Morgan fingerprint density at radius 1 is 1.14 bits per heavy atom. The second kappa shape index (κ2) is 10.8. The van der Waals surface area contributed by atoms with Crippen LogP contribution in [0.3, 0.4) is 0 Å². The Labute approximate surface area is 144 Å². The Kier molecular flexibility index (Phi) is 10.3. The summed E-state index contributed by atoms with van der Waals surface area (Å²) in [4.78, 5) is 0. The Morgan fingerprint density at radius 2 is 1.81 bits per heavy atom. The zero-order chi connectivity index (χ0) is 14.8. The average Bonchev–Trinajstić information content (AvgIpc) is 2.89. The molecular formula is C18H24NPTi. The number of nitrogens with zero attached hydrogens (tertiary/aromatic N) is 1. The van der Waals surface area contributed by atoms with Gasteiger partial charge >= 0.3 is 0 Å². The van der Waals surface area contributed by atoms with Crippen molar-refractivity contribution in [3.8, 4) is 0 Å². The molecule has 0 aliphatic heterocycles. The Hall–Kier alpha value is -0.876. The minimum Gasteiger partial charge on any atom is -0.272 e. The molecule has 0 unspecified atom stereocenters. The predicted molar refractivity (Wildman–Crippen MR) is 94.6 cm³/mol. The van der Waals surface area contributed by atoms with Crippen LogP contribution in [0.5, 0.6) is 0 Å². The molecule has 0 N–H and O–H groups in total. The van der Waals surface area contributed by atoms with Crippen LogP contribution in [0, 0.1) is 0 Å². The molecule has 0 bridgehead atoms. The number of hydrogen-bond donors (Lipinski definition) is 0. The maximum absolute atomic E-state index is 4.62. The summed E-state index contributed by atoms with van der Waals surface area (Å²) in [7, 11) is -0.948. The van der Waals surface area contributed by atoms with Gasteiger partial charge in [0, 0.05) is 33.8 Å². The molecule has 110 valence electrons. The van der Waals surface area contributed by atoms with Gasteiger partial charge in [-0.1, -0.05) is 67.3 Å². The maximum Gasteiger partial charge on any atom is 0.0424 e. The molecule has 1 aliphatic rings. The second-order valence-corrected chi connectivity index (χ2v) is 9.42. The van der Waals surface area contributed by atoms with Crippen LogP contribution in [0.1, 0.15) is 12.0 Å². The fourth-order valence-corrected chi connectivity index (χ4v) is 2.56. The summed E-state index contributed by atoms with van der Waals surface area (Å²) in [6.45, 7) is 10.3. The van der Waals surface area contributed by atoms with E-state index in [9.17, 15) is 0 Å². The minimum absolute atomic E-state index is 0. The van der Waals surface area contributed by atoms with E-state index in [0.717, 1.165) is 6.42 Å². The average molecular weight is 333 g/mol. The molecule has 21 heavy (non-hydrogen) atoms. The van der Waals surface area contributed by atoms with Gasteiger partial charge in [0.1, 0.15) is 0 Å². The third-order valence-corrected chi connectivity index (χ3v) is 3.26. The van der Waals surface area contributed by atoms with Gasteiger partial charge in [0.2, 0.25) is 0 Å². The van der Waals surface area contributed by atoms with Crippen LogP contribution < -0.4 is 0 Å². The summed E-state index contributed by atoms with van der Waals surface area (Å²) in [6, 6.07) is 10.1. The SMILES string of the molecule is C=CC=Cc1ccccc1.CP(C)(C)=NC1=CC=CC1.[Ti]. The maximum atomic E-state index is 4.62. The number of allylic oxidation sites excluding steroid dienone is 5. The van der Waals surface area contributed by atoms with Crippen molar-refractivity contribution in [2.45, 2.75) is 6.42 Å². The Morgan fingerprint density at radius 3 is 2.29 bits per heavy atom. The monoisotopic (exact) mass is 333 g/mol. The van der Waals surface area contributed by atoms with Crippen molar-refractivity contribution >= 4 is 13.1 Å². The Bertz CT molecular complexity index is 554. The summed E-state index contributed by atoms with van der Waals surface area (Å²) in [5.41, 5.74) is 2.46. The number of benzene rings is 1. The molecule has 0 radical (unpaired) electrons. The molecule has 0 fully saturated rings. The van der Waals surface area contributed by atoms with E-state index in [1.54, 1.807) is 6.08 Å². The first-order chi connectivity index (χ1) is 9.51. The van der Waals surface area contributed by atoms with Gasteiger partial charge in [0.05, 0.1) is 0 Å². The molecular weight excluding hydrogens is 309 g/mol. The van der Waals surface area contributed by atoms with Crippen molar-refractivity contribution in [2.24, 2.45) is 4.74 Å². The first-order valence-corrected chi connectivity index (χ1v) is 9.84. The molecule has 0 heterocycles. The molecule has 0 amide bonds. The third kappa shape index (κ3) is 10.5. The zero-order valence-corrected chi connectivity index (χ0v) is 15.6. The van der Waals surface area contributed by atoms with Crippen LogP contribution in [-0.4, -0.2) is 20.0 Å². The van der Waals surface area contributed by atoms with E-state index >= 15 is 0 Å². The summed E-state index contributed by atoms with van der Waals surface area (Å²) in [6.07, 6.45) is 13.1. The molecule has 1 aliphatic carbocycles. The summed E-state index contributed by atoms with van der Waals surface area (Å²) < 4.78 is 4.62. The number of hydrogen-bond acceptors (Lipinski definition) is 1. The fourth-order valence-electron chi connectivity index (χ4n) is 1.64. The largest absolute Gasteiger partial charge is 0.272 e. The van der Waals surface area contributed by atoms with E-state index < -0.39 is 7.05 Å². The van der Waals surface area contributed by atoms with Crippen molar-refractivity contribution in [1.82, 2.24) is 0 Å². The van der Waals surface area contributed by atoms with E-state index in [-0.39, 0.29) is 21.7 Å². The summed E-state index contributed by atoms with van der Waals surface area (Å²) in [5.74, 6) is 0. The van der Waals surface area contributed by atoms with Crippen molar-refractivity contribution in [2.75, 3.05) is 20.0 Å². The Balaban J connectivity index is 0.000000364. The third-order valence-electron chi connectivity index (χ3n) is 2.40. The molecule has 1 nitrogen and oxygen atoms in total. The summed E-state index contributed by atoms with van der Waals surface area (Å²) in [5, 5.41) is 0. The van der Waals surface area contributed by atoms with Crippen molar-refractivity contribution in [3.05, 3.63) is 78.6 Å². The molecule has 0 spiro atoms. The van der Waals surface area contributed by atoms with Gasteiger partial charge in [0.25, 0.3) is 0 Å². The van der Waals surface area contributed by atoms with Crippen LogP contribution in [0.4, 0.5) is 0 Å². The van der Waals surface area contributed by atoms with Gasteiger partial charge in [-0.05, 0) is 38.7 Å². The molecule has 0 aromatic heterocycles. The van der Waals surface area contributed by atoms with E-state index in [4.69, 9.17) is 0 Å². The van der Waals surface area contributed by atoms with Crippen LogP contribution in [-0.2, 0) is 21.7 Å². The second-order valence-electron chi connectivity index (χ2n) is 5.34. The van der Waals surface area contributed by atoms with Crippen LogP contribution in [0.15, 0.2) is 77.7 Å². The van der Waals surface area contributed by atoms with Crippen LogP contribution >= 0.6 is 7.05 Å². The van der Waals surface area contributed by atoms with Crippen LogP contribution in [0.2, 0.25) is 0 Å². The molecule has 0 saturated heterocycles. The van der Waals surface area contributed by atoms with Gasteiger partial charge in [-0.25, -0.2) is 0 Å². The van der Waals surface area contributed by atoms with Crippen molar-refractivity contribution in [1.29, 1.82) is 0 Å². The molecule has 0 atom stereocenters. The fraction of sp³-hybridized carbons (Fsp3) is 0.222. The van der Waals surface area contributed by atoms with Gasteiger partial charge < -0.3 is 0 Å².